The summed E-state index contributed by atoms with van der Waals surface area (Å²) in [6.07, 6.45) is 1.41. The zero-order valence-electron chi connectivity index (χ0n) is 13.4. The molecule has 0 atom stereocenters. The van der Waals surface area contributed by atoms with E-state index in [-0.39, 0.29) is 22.1 Å². The average Bonchev–Trinajstić information content (AvgIpc) is 2.91. The zero-order valence-corrected chi connectivity index (χ0v) is 16.5. The molecule has 0 radical (unpaired) electrons. The van der Waals surface area contributed by atoms with Gasteiger partial charge in [0.2, 0.25) is 0 Å². The van der Waals surface area contributed by atoms with Gasteiger partial charge in [-0.2, -0.15) is 0 Å². The van der Waals surface area contributed by atoms with E-state index in [9.17, 15) is 14.4 Å². The molecule has 1 heterocycles. The second kappa shape index (κ2) is 8.35. The van der Waals surface area contributed by atoms with Crippen molar-refractivity contribution >= 4 is 69.8 Å². The Bertz CT molecular complexity index is 970. The molecule has 0 aromatic heterocycles. The molecule has 2 aromatic carbocycles. The molecule has 1 fully saturated rings. The van der Waals surface area contributed by atoms with E-state index < -0.39 is 17.1 Å². The van der Waals surface area contributed by atoms with E-state index in [1.165, 1.54) is 18.2 Å². The zero-order chi connectivity index (χ0) is 19.6. The summed E-state index contributed by atoms with van der Waals surface area (Å²) in [6.45, 7) is 0. The maximum atomic E-state index is 12.2. The van der Waals surface area contributed by atoms with Crippen LogP contribution in [0.2, 0.25) is 15.1 Å². The molecular weight excluding hydrogens is 433 g/mol. The molecule has 9 heteroatoms. The van der Waals surface area contributed by atoms with Gasteiger partial charge in [0.1, 0.15) is 5.75 Å². The number of ether oxygens (including phenoxy) is 1. The Kier molecular flexibility index (Phi) is 6.11. The molecule has 1 aliphatic rings. The van der Waals surface area contributed by atoms with Crippen LogP contribution in [0.15, 0.2) is 41.3 Å². The van der Waals surface area contributed by atoms with Crippen LogP contribution in [0.25, 0.3) is 6.08 Å². The largest absolute Gasteiger partial charge is 0.425 e. The van der Waals surface area contributed by atoms with Crippen molar-refractivity contribution in [3.63, 3.8) is 0 Å². The highest BCUT2D eigenvalue weighted by atomic mass is 35.5. The first-order chi connectivity index (χ1) is 12.8. The number of thioether (sulfide) groups is 1. The molecule has 1 saturated heterocycles. The predicted molar refractivity (Wildman–Crippen MR) is 106 cm³/mol. The number of hydrogen-bond acceptors (Lipinski definition) is 5. The summed E-state index contributed by atoms with van der Waals surface area (Å²) in [4.78, 5) is 35.2. The summed E-state index contributed by atoms with van der Waals surface area (Å²) in [5, 5.41) is 2.65. The summed E-state index contributed by atoms with van der Waals surface area (Å²) in [7, 11) is 0. The van der Waals surface area contributed by atoms with Gasteiger partial charge in [-0.3, -0.25) is 19.7 Å². The molecule has 0 bridgehead atoms. The Hall–Kier alpha value is -1.99. The van der Waals surface area contributed by atoms with Crippen molar-refractivity contribution in [2.75, 3.05) is 0 Å². The molecule has 27 heavy (non-hydrogen) atoms. The number of imide groups is 1. The summed E-state index contributed by atoms with van der Waals surface area (Å²) >= 11 is 19.1. The fourth-order valence-electron chi connectivity index (χ4n) is 2.27. The lowest BCUT2D eigenvalue weighted by atomic mass is 10.1. The number of carbonyl (C=O) groups is 3. The highest BCUT2D eigenvalue weighted by molar-refractivity contribution is 8.18. The highest BCUT2D eigenvalue weighted by Crippen LogP contribution is 2.31. The van der Waals surface area contributed by atoms with Gasteiger partial charge in [0.15, 0.2) is 0 Å². The first-order valence-electron chi connectivity index (χ1n) is 7.51. The van der Waals surface area contributed by atoms with Crippen molar-refractivity contribution in [2.45, 2.75) is 6.42 Å². The number of carbonyl (C=O) groups excluding carboxylic acids is 3. The molecule has 0 spiro atoms. The molecule has 0 aliphatic carbocycles. The number of amides is 2. The van der Waals surface area contributed by atoms with Gasteiger partial charge in [-0.1, -0.05) is 46.9 Å². The maximum Gasteiger partial charge on any atom is 0.315 e. The highest BCUT2D eigenvalue weighted by Gasteiger charge is 2.25. The van der Waals surface area contributed by atoms with Gasteiger partial charge >= 0.3 is 5.97 Å². The summed E-state index contributed by atoms with van der Waals surface area (Å²) in [5.41, 5.74) is 1.05. The lowest BCUT2D eigenvalue weighted by Crippen LogP contribution is -2.17. The van der Waals surface area contributed by atoms with Crippen LogP contribution in [0.4, 0.5) is 4.79 Å². The molecule has 0 saturated carbocycles. The summed E-state index contributed by atoms with van der Waals surface area (Å²) < 4.78 is 5.27. The number of nitrogens with one attached hydrogen (secondary N) is 1. The molecule has 1 N–H and O–H groups in total. The lowest BCUT2D eigenvalue weighted by Gasteiger charge is -2.09. The second-order valence-electron chi connectivity index (χ2n) is 5.39. The van der Waals surface area contributed by atoms with Crippen LogP contribution in [0, 0.1) is 0 Å². The van der Waals surface area contributed by atoms with Crippen molar-refractivity contribution in [3.05, 3.63) is 67.5 Å². The molecular formula is C18H10Cl3NO4S. The second-order valence-corrected chi connectivity index (χ2v) is 7.63. The Morgan fingerprint density at radius 3 is 2.37 bits per heavy atom. The minimum Gasteiger partial charge on any atom is -0.425 e. The smallest absolute Gasteiger partial charge is 0.315 e. The van der Waals surface area contributed by atoms with E-state index in [1.807, 2.05) is 0 Å². The molecule has 138 valence electrons. The minimum atomic E-state index is -0.575. The lowest BCUT2D eigenvalue weighted by molar-refractivity contribution is -0.133. The van der Waals surface area contributed by atoms with Crippen LogP contribution >= 0.6 is 46.6 Å². The Labute approximate surface area is 173 Å². The number of benzene rings is 2. The van der Waals surface area contributed by atoms with Crippen molar-refractivity contribution in [1.82, 2.24) is 5.32 Å². The normalized spacial score (nSPS) is 15.1. The molecule has 3 rings (SSSR count). The average molecular weight is 443 g/mol. The van der Waals surface area contributed by atoms with E-state index in [1.54, 1.807) is 24.3 Å². The van der Waals surface area contributed by atoms with E-state index in [4.69, 9.17) is 39.5 Å². The van der Waals surface area contributed by atoms with Crippen LogP contribution in [0.1, 0.15) is 11.1 Å². The molecule has 2 amide bonds. The van der Waals surface area contributed by atoms with Crippen LogP contribution in [-0.2, 0) is 16.0 Å². The standard InChI is InChI=1S/C18H10Cl3NO4S/c19-11-2-1-3-12(20)10(11)8-16(23)26-14-5-4-9(6-13(14)21)7-15-17(24)22-18(25)27-15/h1-7H,8H2,(H,22,24,25). The van der Waals surface area contributed by atoms with Gasteiger partial charge in [0.25, 0.3) is 11.1 Å². The van der Waals surface area contributed by atoms with Gasteiger partial charge in [-0.25, -0.2) is 0 Å². The van der Waals surface area contributed by atoms with Crippen molar-refractivity contribution in [1.29, 1.82) is 0 Å². The van der Waals surface area contributed by atoms with E-state index in [0.29, 0.717) is 21.2 Å². The van der Waals surface area contributed by atoms with E-state index in [0.717, 1.165) is 11.8 Å². The number of halogens is 3. The predicted octanol–water partition coefficient (Wildman–Crippen LogP) is 5.12. The molecule has 1 aliphatic heterocycles. The third kappa shape index (κ3) is 4.84. The molecule has 0 unspecified atom stereocenters. The fraction of sp³-hybridized carbons (Fsp3) is 0.0556. The first kappa shape index (κ1) is 19.8. The van der Waals surface area contributed by atoms with Crippen molar-refractivity contribution in [2.24, 2.45) is 0 Å². The van der Waals surface area contributed by atoms with Crippen LogP contribution in [0.3, 0.4) is 0 Å². The summed E-state index contributed by atoms with van der Waals surface area (Å²) in [6, 6.07) is 9.58. The van der Waals surface area contributed by atoms with Gasteiger partial charge in [-0.15, -0.1) is 0 Å². The third-order valence-electron chi connectivity index (χ3n) is 3.50. The van der Waals surface area contributed by atoms with Crippen LogP contribution in [0.5, 0.6) is 5.75 Å². The van der Waals surface area contributed by atoms with E-state index in [2.05, 4.69) is 5.32 Å². The SMILES string of the molecule is O=C(Cc1c(Cl)cccc1Cl)Oc1ccc(C=C2SC(=O)NC2=O)cc1Cl. The fourth-order valence-corrected chi connectivity index (χ4v) is 3.71. The number of rotatable bonds is 4. The van der Waals surface area contributed by atoms with Crippen LogP contribution < -0.4 is 10.1 Å². The maximum absolute atomic E-state index is 12.2. The monoisotopic (exact) mass is 441 g/mol. The van der Waals surface area contributed by atoms with Crippen molar-refractivity contribution < 1.29 is 19.1 Å². The number of hydrogen-bond donors (Lipinski definition) is 1. The molecule has 2 aromatic rings. The Morgan fingerprint density at radius 2 is 1.78 bits per heavy atom. The van der Waals surface area contributed by atoms with Crippen LogP contribution in [-0.4, -0.2) is 17.1 Å². The Morgan fingerprint density at radius 1 is 1.07 bits per heavy atom. The Balaban J connectivity index is 1.73. The van der Waals surface area contributed by atoms with Gasteiger partial charge in [-0.05, 0) is 47.7 Å². The topological polar surface area (TPSA) is 72.5 Å². The van der Waals surface area contributed by atoms with Gasteiger partial charge in [0.05, 0.1) is 16.3 Å². The van der Waals surface area contributed by atoms with Gasteiger partial charge in [0, 0.05) is 15.6 Å². The first-order valence-corrected chi connectivity index (χ1v) is 9.46. The quantitative estimate of drug-likeness (QED) is 0.404. The third-order valence-corrected chi connectivity index (χ3v) is 5.32. The minimum absolute atomic E-state index is 0.112. The van der Waals surface area contributed by atoms with Gasteiger partial charge < -0.3 is 4.74 Å². The van der Waals surface area contributed by atoms with E-state index >= 15 is 0 Å². The molecule has 5 nitrogen and oxygen atoms in total. The summed E-state index contributed by atoms with van der Waals surface area (Å²) in [5.74, 6) is -0.880. The van der Waals surface area contributed by atoms with Crippen molar-refractivity contribution in [3.8, 4) is 5.75 Å². The number of esters is 1.